The molecule has 3 N–H and O–H groups in total. The Labute approximate surface area is 127 Å². The highest BCUT2D eigenvalue weighted by molar-refractivity contribution is 6.31. The van der Waals surface area contributed by atoms with Gasteiger partial charge in [0.15, 0.2) is 0 Å². The molecular weight excluding hydrogens is 274 g/mol. The molecule has 116 valence electrons. The molecule has 0 fully saturated rings. The molecule has 0 aliphatic heterocycles. The zero-order valence-corrected chi connectivity index (χ0v) is 13.9. The highest BCUT2D eigenvalue weighted by Crippen LogP contribution is 2.33. The van der Waals surface area contributed by atoms with Gasteiger partial charge in [-0.1, -0.05) is 32.4 Å². The Hall–Kier alpha value is -0.580. The van der Waals surface area contributed by atoms with E-state index in [4.69, 9.17) is 17.3 Å². The molecule has 1 rings (SSSR count). The monoisotopic (exact) mass is 301 g/mol. The second-order valence-electron chi connectivity index (χ2n) is 6.01. The average Bonchev–Trinajstić information content (AvgIpc) is 2.73. The summed E-state index contributed by atoms with van der Waals surface area (Å²) in [6, 6.07) is 0. The average molecular weight is 302 g/mol. The quantitative estimate of drug-likeness (QED) is 0.776. The summed E-state index contributed by atoms with van der Waals surface area (Å²) < 4.78 is 1.95. The van der Waals surface area contributed by atoms with Crippen molar-refractivity contribution < 1.29 is 5.11 Å². The van der Waals surface area contributed by atoms with E-state index in [1.165, 1.54) is 0 Å². The van der Waals surface area contributed by atoms with Crippen LogP contribution in [-0.4, -0.2) is 28.0 Å². The van der Waals surface area contributed by atoms with E-state index in [1.807, 2.05) is 11.6 Å². The maximum atomic E-state index is 9.85. The maximum absolute atomic E-state index is 9.85. The van der Waals surface area contributed by atoms with Crippen molar-refractivity contribution in [3.8, 4) is 0 Å². The Balaban J connectivity index is 3.13. The molecule has 1 aromatic rings. The summed E-state index contributed by atoms with van der Waals surface area (Å²) in [4.78, 5) is 0. The van der Waals surface area contributed by atoms with Gasteiger partial charge in [-0.05, 0) is 32.1 Å². The number of halogens is 1. The van der Waals surface area contributed by atoms with Crippen molar-refractivity contribution in [2.75, 3.05) is 13.2 Å². The largest absolute Gasteiger partial charge is 0.396 e. The van der Waals surface area contributed by atoms with Gasteiger partial charge in [0.2, 0.25) is 0 Å². The molecule has 1 unspecified atom stereocenters. The first-order chi connectivity index (χ1) is 9.42. The van der Waals surface area contributed by atoms with Gasteiger partial charge < -0.3 is 10.8 Å². The topological polar surface area (TPSA) is 64.1 Å². The van der Waals surface area contributed by atoms with E-state index in [1.54, 1.807) is 0 Å². The number of hydrogen-bond acceptors (Lipinski definition) is 3. The fraction of sp³-hybridized carbons (Fsp3) is 0.800. The van der Waals surface area contributed by atoms with Crippen LogP contribution in [-0.2, 0) is 19.4 Å². The van der Waals surface area contributed by atoms with Gasteiger partial charge in [-0.15, -0.1) is 0 Å². The van der Waals surface area contributed by atoms with Crippen LogP contribution < -0.4 is 5.73 Å². The molecule has 0 saturated carbocycles. The molecule has 0 spiro atoms. The van der Waals surface area contributed by atoms with E-state index < -0.39 is 0 Å². The van der Waals surface area contributed by atoms with Crippen LogP contribution in [0.1, 0.15) is 45.5 Å². The Morgan fingerprint density at radius 3 is 2.45 bits per heavy atom. The summed E-state index contributed by atoms with van der Waals surface area (Å²) in [6.07, 6.45) is 2.38. The number of rotatable bonds is 8. The predicted molar refractivity (Wildman–Crippen MR) is 84.0 cm³/mol. The zero-order valence-electron chi connectivity index (χ0n) is 13.1. The molecule has 0 aliphatic carbocycles. The molecule has 0 bridgehead atoms. The van der Waals surface area contributed by atoms with Crippen LogP contribution in [0.4, 0.5) is 0 Å². The highest BCUT2D eigenvalue weighted by atomic mass is 35.5. The van der Waals surface area contributed by atoms with E-state index in [2.05, 4.69) is 25.9 Å². The first-order valence-electron chi connectivity index (χ1n) is 7.48. The zero-order chi connectivity index (χ0) is 15.3. The summed E-state index contributed by atoms with van der Waals surface area (Å²) in [7, 11) is 0. The standard InChI is InChI=1S/C15H28ClN3O/c1-5-12-14(16)13(19(6-2)18-12)8-15(9-17,10-20)7-11(3)4/h11,20H,5-10,17H2,1-4H3. The normalized spacial score (nSPS) is 14.8. The van der Waals surface area contributed by atoms with Crippen molar-refractivity contribution in [1.82, 2.24) is 9.78 Å². The minimum atomic E-state index is -0.310. The van der Waals surface area contributed by atoms with Gasteiger partial charge in [0.05, 0.1) is 23.0 Å². The van der Waals surface area contributed by atoms with Crippen LogP contribution in [0, 0.1) is 11.3 Å². The van der Waals surface area contributed by atoms with E-state index >= 15 is 0 Å². The SMILES string of the molecule is CCc1nn(CC)c(CC(CN)(CO)CC(C)C)c1Cl. The first kappa shape index (κ1) is 17.5. The summed E-state index contributed by atoms with van der Waals surface area (Å²) >= 11 is 6.46. The number of hydrogen-bond donors (Lipinski definition) is 2. The molecule has 5 heteroatoms. The van der Waals surface area contributed by atoms with Crippen molar-refractivity contribution in [1.29, 1.82) is 0 Å². The van der Waals surface area contributed by atoms with Crippen LogP contribution in [0.15, 0.2) is 0 Å². The van der Waals surface area contributed by atoms with E-state index in [0.29, 0.717) is 18.9 Å². The van der Waals surface area contributed by atoms with Crippen LogP contribution >= 0.6 is 11.6 Å². The van der Waals surface area contributed by atoms with E-state index in [0.717, 1.165) is 35.8 Å². The van der Waals surface area contributed by atoms with Crippen LogP contribution in [0.25, 0.3) is 0 Å². The maximum Gasteiger partial charge on any atom is 0.0850 e. The first-order valence-corrected chi connectivity index (χ1v) is 7.85. The van der Waals surface area contributed by atoms with Crippen molar-refractivity contribution in [3.63, 3.8) is 0 Å². The van der Waals surface area contributed by atoms with Crippen LogP contribution in [0.3, 0.4) is 0 Å². The second-order valence-corrected chi connectivity index (χ2v) is 6.39. The molecule has 0 saturated heterocycles. The van der Waals surface area contributed by atoms with Gasteiger partial charge in [-0.2, -0.15) is 5.10 Å². The Morgan fingerprint density at radius 2 is 2.05 bits per heavy atom. The molecule has 1 heterocycles. The fourth-order valence-corrected chi connectivity index (χ4v) is 3.16. The van der Waals surface area contributed by atoms with Crippen LogP contribution in [0.5, 0.6) is 0 Å². The number of aromatic nitrogens is 2. The van der Waals surface area contributed by atoms with Gasteiger partial charge in [0, 0.05) is 18.5 Å². The summed E-state index contributed by atoms with van der Waals surface area (Å²) in [5, 5.41) is 15.1. The third kappa shape index (κ3) is 3.74. The summed E-state index contributed by atoms with van der Waals surface area (Å²) in [5.74, 6) is 0.480. The molecule has 0 aromatic carbocycles. The van der Waals surface area contributed by atoms with Crippen molar-refractivity contribution >= 4 is 11.6 Å². The minimum Gasteiger partial charge on any atom is -0.396 e. The highest BCUT2D eigenvalue weighted by Gasteiger charge is 2.32. The Bertz CT molecular complexity index is 425. The van der Waals surface area contributed by atoms with Crippen LogP contribution in [0.2, 0.25) is 5.02 Å². The molecule has 0 radical (unpaired) electrons. The lowest BCUT2D eigenvalue weighted by Crippen LogP contribution is -2.38. The number of nitrogens with zero attached hydrogens (tertiary/aromatic N) is 2. The van der Waals surface area contributed by atoms with Gasteiger partial charge in [0.25, 0.3) is 0 Å². The Kier molecular flexibility index (Phi) is 6.49. The van der Waals surface area contributed by atoms with Crippen molar-refractivity contribution in [2.45, 2.75) is 53.5 Å². The van der Waals surface area contributed by atoms with Gasteiger partial charge >= 0.3 is 0 Å². The molecular formula is C15H28ClN3O. The minimum absolute atomic E-state index is 0.0777. The number of nitrogens with two attached hydrogens (primary N) is 1. The lowest BCUT2D eigenvalue weighted by atomic mass is 9.77. The van der Waals surface area contributed by atoms with Crippen molar-refractivity contribution in [3.05, 3.63) is 16.4 Å². The molecule has 1 aromatic heterocycles. The lowest BCUT2D eigenvalue weighted by Gasteiger charge is -2.32. The number of aryl methyl sites for hydroxylation is 2. The lowest BCUT2D eigenvalue weighted by molar-refractivity contribution is 0.106. The van der Waals surface area contributed by atoms with Gasteiger partial charge in [-0.3, -0.25) is 4.68 Å². The molecule has 1 atom stereocenters. The number of aliphatic hydroxyl groups is 1. The van der Waals surface area contributed by atoms with Gasteiger partial charge in [0.1, 0.15) is 0 Å². The molecule has 0 amide bonds. The Morgan fingerprint density at radius 1 is 1.40 bits per heavy atom. The second kappa shape index (κ2) is 7.43. The smallest absolute Gasteiger partial charge is 0.0850 e. The van der Waals surface area contributed by atoms with Gasteiger partial charge in [-0.25, -0.2) is 0 Å². The summed E-state index contributed by atoms with van der Waals surface area (Å²) in [6.45, 7) is 9.71. The van der Waals surface area contributed by atoms with E-state index in [-0.39, 0.29) is 12.0 Å². The predicted octanol–water partition coefficient (Wildman–Crippen LogP) is 2.64. The fourth-order valence-electron chi connectivity index (χ4n) is 2.82. The summed E-state index contributed by atoms with van der Waals surface area (Å²) in [5.41, 5.74) is 7.59. The third-order valence-corrected chi connectivity index (χ3v) is 4.28. The molecule has 4 nitrogen and oxygen atoms in total. The number of aliphatic hydroxyl groups excluding tert-OH is 1. The molecule has 0 aliphatic rings. The molecule has 20 heavy (non-hydrogen) atoms. The van der Waals surface area contributed by atoms with Crippen molar-refractivity contribution in [2.24, 2.45) is 17.1 Å². The van der Waals surface area contributed by atoms with E-state index in [9.17, 15) is 5.11 Å². The third-order valence-electron chi connectivity index (χ3n) is 3.85.